The summed E-state index contributed by atoms with van der Waals surface area (Å²) >= 11 is 0. The molecule has 1 aromatic rings. The molecule has 2 rings (SSSR count). The molecular formula is C10H12N2O. The second-order valence-corrected chi connectivity index (χ2v) is 3.13. The molecule has 2 N–H and O–H groups in total. The molecule has 0 spiro atoms. The molecule has 0 atom stereocenters. The number of carbonyl (C=O) groups is 1. The maximum Gasteiger partial charge on any atom is 0.150 e. The molecular weight excluding hydrogens is 164 g/mol. The molecule has 3 heteroatoms. The normalized spacial score (nSPS) is 14.8. The van der Waals surface area contributed by atoms with Crippen LogP contribution in [0.2, 0.25) is 0 Å². The lowest BCUT2D eigenvalue weighted by molar-refractivity contribution is 0.112. The highest BCUT2D eigenvalue weighted by Crippen LogP contribution is 2.24. The third-order valence-electron chi connectivity index (χ3n) is 2.16. The molecule has 0 bridgehead atoms. The van der Waals surface area contributed by atoms with Gasteiger partial charge in [0.2, 0.25) is 0 Å². The number of aldehydes is 1. The number of carbonyl (C=O) groups excluding carboxylic acids is 1. The first-order chi connectivity index (χ1) is 6.40. The Bertz CT molecular complexity index is 323. The van der Waals surface area contributed by atoms with Gasteiger partial charge in [0, 0.05) is 18.7 Å². The minimum absolute atomic E-state index is 0.718. The van der Waals surface area contributed by atoms with Crippen LogP contribution in [-0.2, 0) is 0 Å². The molecule has 1 aliphatic rings. The van der Waals surface area contributed by atoms with Crippen LogP contribution < -0.4 is 10.6 Å². The van der Waals surface area contributed by atoms with Crippen molar-refractivity contribution in [1.82, 2.24) is 0 Å². The molecule has 13 heavy (non-hydrogen) atoms. The highest BCUT2D eigenvalue weighted by Gasteiger charge is 2.05. The second-order valence-electron chi connectivity index (χ2n) is 3.13. The van der Waals surface area contributed by atoms with Gasteiger partial charge in [-0.05, 0) is 24.6 Å². The van der Waals surface area contributed by atoms with E-state index in [-0.39, 0.29) is 0 Å². The molecule has 0 saturated heterocycles. The van der Waals surface area contributed by atoms with Gasteiger partial charge in [0.25, 0.3) is 0 Å². The van der Waals surface area contributed by atoms with Crippen molar-refractivity contribution >= 4 is 17.7 Å². The number of hydrogen-bond donors (Lipinski definition) is 2. The van der Waals surface area contributed by atoms with Gasteiger partial charge in [-0.2, -0.15) is 0 Å². The Labute approximate surface area is 77.1 Å². The van der Waals surface area contributed by atoms with E-state index < -0.39 is 0 Å². The molecule has 0 amide bonds. The highest BCUT2D eigenvalue weighted by atomic mass is 16.1. The van der Waals surface area contributed by atoms with Crippen molar-refractivity contribution in [2.45, 2.75) is 6.42 Å². The summed E-state index contributed by atoms with van der Waals surface area (Å²) in [5.41, 5.74) is 2.83. The average molecular weight is 176 g/mol. The van der Waals surface area contributed by atoms with Crippen LogP contribution in [-0.4, -0.2) is 19.4 Å². The molecule has 0 unspecified atom stereocenters. The Morgan fingerprint density at radius 3 is 2.69 bits per heavy atom. The molecule has 3 nitrogen and oxygen atoms in total. The fourth-order valence-corrected chi connectivity index (χ4v) is 1.47. The van der Waals surface area contributed by atoms with Gasteiger partial charge in [0.05, 0.1) is 11.4 Å². The van der Waals surface area contributed by atoms with E-state index in [2.05, 4.69) is 10.6 Å². The Kier molecular flexibility index (Phi) is 2.17. The van der Waals surface area contributed by atoms with Gasteiger partial charge in [0.1, 0.15) is 6.29 Å². The first-order valence-corrected chi connectivity index (χ1v) is 4.47. The number of hydrogen-bond acceptors (Lipinski definition) is 3. The molecule has 0 aliphatic carbocycles. The summed E-state index contributed by atoms with van der Waals surface area (Å²) in [5, 5.41) is 6.58. The smallest absolute Gasteiger partial charge is 0.150 e. The Morgan fingerprint density at radius 1 is 1.15 bits per heavy atom. The van der Waals surface area contributed by atoms with Crippen LogP contribution in [0.1, 0.15) is 16.8 Å². The average Bonchev–Trinajstić information content (AvgIpc) is 2.41. The van der Waals surface area contributed by atoms with Crippen molar-refractivity contribution in [2.24, 2.45) is 0 Å². The predicted molar refractivity (Wildman–Crippen MR) is 53.4 cm³/mol. The van der Waals surface area contributed by atoms with Crippen molar-refractivity contribution in [3.63, 3.8) is 0 Å². The lowest BCUT2D eigenvalue weighted by Gasteiger charge is -2.07. The van der Waals surface area contributed by atoms with Crippen molar-refractivity contribution in [3.8, 4) is 0 Å². The quantitative estimate of drug-likeness (QED) is 0.640. The highest BCUT2D eigenvalue weighted by molar-refractivity contribution is 5.81. The second kappa shape index (κ2) is 3.47. The largest absolute Gasteiger partial charge is 0.383 e. The lowest BCUT2D eigenvalue weighted by Crippen LogP contribution is -2.01. The van der Waals surface area contributed by atoms with Crippen LogP contribution in [0, 0.1) is 0 Å². The molecule has 0 fully saturated rings. The van der Waals surface area contributed by atoms with Crippen LogP contribution in [0.4, 0.5) is 11.4 Å². The van der Waals surface area contributed by atoms with E-state index in [0.29, 0.717) is 0 Å². The van der Waals surface area contributed by atoms with E-state index >= 15 is 0 Å². The van der Waals surface area contributed by atoms with E-state index in [9.17, 15) is 4.79 Å². The Balaban J connectivity index is 2.37. The maximum absolute atomic E-state index is 10.5. The van der Waals surface area contributed by atoms with Crippen LogP contribution in [0.15, 0.2) is 18.2 Å². The van der Waals surface area contributed by atoms with E-state index in [0.717, 1.165) is 42.7 Å². The van der Waals surface area contributed by atoms with E-state index in [1.165, 1.54) is 0 Å². The summed E-state index contributed by atoms with van der Waals surface area (Å²) in [6, 6.07) is 5.64. The van der Waals surface area contributed by atoms with Crippen molar-refractivity contribution in [2.75, 3.05) is 23.7 Å². The van der Waals surface area contributed by atoms with Gasteiger partial charge in [-0.25, -0.2) is 0 Å². The summed E-state index contributed by atoms with van der Waals surface area (Å²) < 4.78 is 0. The van der Waals surface area contributed by atoms with Gasteiger partial charge in [-0.15, -0.1) is 0 Å². The molecule has 1 aliphatic heterocycles. The zero-order chi connectivity index (χ0) is 9.10. The molecule has 0 aromatic heterocycles. The van der Waals surface area contributed by atoms with Crippen LogP contribution in [0.25, 0.3) is 0 Å². The number of nitrogens with one attached hydrogen (secondary N) is 2. The zero-order valence-electron chi connectivity index (χ0n) is 7.34. The number of rotatable bonds is 1. The van der Waals surface area contributed by atoms with Crippen LogP contribution in [0.5, 0.6) is 0 Å². The van der Waals surface area contributed by atoms with Crippen molar-refractivity contribution in [1.29, 1.82) is 0 Å². The topological polar surface area (TPSA) is 41.1 Å². The fraction of sp³-hybridized carbons (Fsp3) is 0.300. The maximum atomic E-state index is 10.5. The minimum atomic E-state index is 0.718. The van der Waals surface area contributed by atoms with E-state index in [4.69, 9.17) is 0 Å². The lowest BCUT2D eigenvalue weighted by atomic mass is 10.2. The zero-order valence-corrected chi connectivity index (χ0v) is 7.34. The molecule has 0 saturated carbocycles. The van der Waals surface area contributed by atoms with Crippen molar-refractivity contribution in [3.05, 3.63) is 23.8 Å². The summed E-state index contributed by atoms with van der Waals surface area (Å²) in [7, 11) is 0. The Morgan fingerprint density at radius 2 is 1.92 bits per heavy atom. The van der Waals surface area contributed by atoms with Crippen molar-refractivity contribution < 1.29 is 4.79 Å². The van der Waals surface area contributed by atoms with Crippen LogP contribution >= 0.6 is 0 Å². The fourth-order valence-electron chi connectivity index (χ4n) is 1.47. The van der Waals surface area contributed by atoms with Gasteiger partial charge in [0.15, 0.2) is 0 Å². The number of anilines is 2. The van der Waals surface area contributed by atoms with Gasteiger partial charge in [-0.3, -0.25) is 4.79 Å². The molecule has 1 aromatic carbocycles. The standard InChI is InChI=1S/C10H12N2O/c13-7-8-2-3-9-10(6-8)12-5-1-4-11-9/h2-3,6-7,11-12H,1,4-5H2. The SMILES string of the molecule is O=Cc1ccc2c(c1)NCCCN2. The summed E-state index contributed by atoms with van der Waals surface area (Å²) in [4.78, 5) is 10.5. The summed E-state index contributed by atoms with van der Waals surface area (Å²) in [5.74, 6) is 0. The monoisotopic (exact) mass is 176 g/mol. The third-order valence-corrected chi connectivity index (χ3v) is 2.16. The van der Waals surface area contributed by atoms with E-state index in [1.807, 2.05) is 18.2 Å². The van der Waals surface area contributed by atoms with Gasteiger partial charge < -0.3 is 10.6 Å². The first-order valence-electron chi connectivity index (χ1n) is 4.47. The molecule has 68 valence electrons. The summed E-state index contributed by atoms with van der Waals surface area (Å²) in [6.45, 7) is 1.95. The molecule has 0 radical (unpaired) electrons. The summed E-state index contributed by atoms with van der Waals surface area (Å²) in [6.07, 6.45) is 1.97. The van der Waals surface area contributed by atoms with Gasteiger partial charge >= 0.3 is 0 Å². The molecule has 1 heterocycles. The first kappa shape index (κ1) is 8.10. The number of fused-ring (bicyclic) bond motifs is 1. The van der Waals surface area contributed by atoms with Crippen LogP contribution in [0.3, 0.4) is 0 Å². The van der Waals surface area contributed by atoms with E-state index in [1.54, 1.807) is 0 Å². The number of benzene rings is 1. The third kappa shape index (κ3) is 1.64. The van der Waals surface area contributed by atoms with Gasteiger partial charge in [-0.1, -0.05) is 0 Å². The Hall–Kier alpha value is -1.51. The predicted octanol–water partition coefficient (Wildman–Crippen LogP) is 1.73. The minimum Gasteiger partial charge on any atom is -0.383 e.